The van der Waals surface area contributed by atoms with Gasteiger partial charge < -0.3 is 4.74 Å². The van der Waals surface area contributed by atoms with Crippen molar-refractivity contribution in [2.45, 2.75) is 19.4 Å². The lowest BCUT2D eigenvalue weighted by Crippen LogP contribution is -2.44. The van der Waals surface area contributed by atoms with Crippen LogP contribution in [0.15, 0.2) is 12.0 Å². The van der Waals surface area contributed by atoms with E-state index in [0.29, 0.717) is 13.1 Å². The largest absolute Gasteiger partial charge is 0.381 e. The lowest BCUT2D eigenvalue weighted by molar-refractivity contribution is 0.0203. The van der Waals surface area contributed by atoms with E-state index in [4.69, 9.17) is 4.74 Å². The molecule has 1 rings (SSSR count). The van der Waals surface area contributed by atoms with Crippen LogP contribution < -0.4 is 0 Å². The molecule has 5 heteroatoms. The molecule has 0 aromatic carbocycles. The van der Waals surface area contributed by atoms with Crippen molar-refractivity contribution in [2.24, 2.45) is 5.92 Å². The van der Waals surface area contributed by atoms with Crippen molar-refractivity contribution in [1.29, 1.82) is 0 Å². The maximum Gasteiger partial charge on any atom is 0.235 e. The Morgan fingerprint density at radius 3 is 2.64 bits per heavy atom. The van der Waals surface area contributed by atoms with Gasteiger partial charge in [-0.3, -0.25) is 0 Å². The minimum atomic E-state index is -3.24. The van der Waals surface area contributed by atoms with E-state index < -0.39 is 10.0 Å². The average molecular weight is 219 g/mol. The van der Waals surface area contributed by atoms with Crippen LogP contribution in [0, 0.1) is 5.92 Å². The number of nitrogens with zero attached hydrogens (tertiary/aromatic N) is 1. The Morgan fingerprint density at radius 2 is 2.21 bits per heavy atom. The van der Waals surface area contributed by atoms with Crippen LogP contribution in [-0.2, 0) is 14.8 Å². The number of methoxy groups -OCH3 is 1. The summed E-state index contributed by atoms with van der Waals surface area (Å²) in [5.74, 6) is 0.239. The molecular weight excluding hydrogens is 202 g/mol. The third kappa shape index (κ3) is 2.34. The highest BCUT2D eigenvalue weighted by Gasteiger charge is 2.30. The quantitative estimate of drug-likeness (QED) is 0.706. The Kier molecular flexibility index (Phi) is 3.69. The number of hydrogen-bond donors (Lipinski definition) is 0. The first kappa shape index (κ1) is 11.7. The molecule has 14 heavy (non-hydrogen) atoms. The Hall–Kier alpha value is -0.390. The van der Waals surface area contributed by atoms with Crippen LogP contribution in [0.2, 0.25) is 0 Å². The third-order valence-corrected chi connectivity index (χ3v) is 4.14. The van der Waals surface area contributed by atoms with Gasteiger partial charge in [0.25, 0.3) is 0 Å². The number of sulfonamides is 1. The summed E-state index contributed by atoms with van der Waals surface area (Å²) in [6, 6.07) is 0. The Labute approximate surface area is 85.6 Å². The molecule has 0 aliphatic carbocycles. The SMILES string of the molecule is C=CS(=O)(=O)N1CCC(OC)C(C)C1. The molecular formula is C9H17NO3S. The van der Waals surface area contributed by atoms with Crippen molar-refractivity contribution in [3.63, 3.8) is 0 Å². The van der Waals surface area contributed by atoms with Crippen LogP contribution >= 0.6 is 0 Å². The Bertz CT molecular complexity index is 299. The van der Waals surface area contributed by atoms with E-state index in [1.165, 1.54) is 4.31 Å². The van der Waals surface area contributed by atoms with Gasteiger partial charge >= 0.3 is 0 Å². The van der Waals surface area contributed by atoms with E-state index in [1.807, 2.05) is 6.92 Å². The number of hydrogen-bond acceptors (Lipinski definition) is 3. The van der Waals surface area contributed by atoms with Gasteiger partial charge in [0.15, 0.2) is 0 Å². The van der Waals surface area contributed by atoms with E-state index in [2.05, 4.69) is 6.58 Å². The maximum absolute atomic E-state index is 11.5. The van der Waals surface area contributed by atoms with E-state index in [9.17, 15) is 8.42 Å². The molecule has 1 saturated heterocycles. The Balaban J connectivity index is 2.68. The number of rotatable bonds is 3. The van der Waals surface area contributed by atoms with Crippen LogP contribution in [0.1, 0.15) is 13.3 Å². The first-order valence-electron chi connectivity index (χ1n) is 4.66. The van der Waals surface area contributed by atoms with E-state index in [1.54, 1.807) is 7.11 Å². The van der Waals surface area contributed by atoms with Crippen molar-refractivity contribution in [3.8, 4) is 0 Å². The van der Waals surface area contributed by atoms with Crippen molar-refractivity contribution in [3.05, 3.63) is 12.0 Å². The number of ether oxygens (including phenoxy) is 1. The van der Waals surface area contributed by atoms with Gasteiger partial charge in [0.05, 0.1) is 6.10 Å². The summed E-state index contributed by atoms with van der Waals surface area (Å²) in [4.78, 5) is 0. The molecule has 1 fully saturated rings. The highest BCUT2D eigenvalue weighted by Crippen LogP contribution is 2.21. The zero-order valence-electron chi connectivity index (χ0n) is 8.64. The lowest BCUT2D eigenvalue weighted by atomic mass is 9.98. The molecule has 1 aliphatic heterocycles. The van der Waals surface area contributed by atoms with Gasteiger partial charge in [-0.25, -0.2) is 8.42 Å². The fourth-order valence-electron chi connectivity index (χ4n) is 1.77. The van der Waals surface area contributed by atoms with Crippen LogP contribution in [0.5, 0.6) is 0 Å². The molecule has 0 radical (unpaired) electrons. The fourth-order valence-corrected chi connectivity index (χ4v) is 2.79. The first-order chi connectivity index (χ1) is 6.51. The summed E-state index contributed by atoms with van der Waals surface area (Å²) < 4.78 is 29.6. The molecule has 82 valence electrons. The predicted molar refractivity (Wildman–Crippen MR) is 55.3 cm³/mol. The molecule has 2 unspecified atom stereocenters. The van der Waals surface area contributed by atoms with Crippen molar-refractivity contribution < 1.29 is 13.2 Å². The van der Waals surface area contributed by atoms with E-state index >= 15 is 0 Å². The van der Waals surface area contributed by atoms with Gasteiger partial charge in [0, 0.05) is 25.6 Å². The summed E-state index contributed by atoms with van der Waals surface area (Å²) in [6.45, 7) is 6.36. The van der Waals surface area contributed by atoms with Gasteiger partial charge in [-0.05, 0) is 12.3 Å². The van der Waals surface area contributed by atoms with Gasteiger partial charge in [-0.2, -0.15) is 4.31 Å². The predicted octanol–water partition coefficient (Wildman–Crippen LogP) is 0.816. The second-order valence-corrected chi connectivity index (χ2v) is 5.49. The Morgan fingerprint density at radius 1 is 1.57 bits per heavy atom. The molecule has 0 saturated carbocycles. The summed E-state index contributed by atoms with van der Waals surface area (Å²) in [7, 11) is -1.58. The second-order valence-electron chi connectivity index (χ2n) is 3.61. The van der Waals surface area contributed by atoms with Crippen LogP contribution in [0.25, 0.3) is 0 Å². The third-order valence-electron chi connectivity index (χ3n) is 2.66. The van der Waals surface area contributed by atoms with Crippen molar-refractivity contribution >= 4 is 10.0 Å². The average Bonchev–Trinajstić information content (AvgIpc) is 2.17. The standard InChI is InChI=1S/C9H17NO3S/c1-4-14(11,12)10-6-5-9(13-3)8(2)7-10/h4,8-9H,1,5-7H2,2-3H3. The van der Waals surface area contributed by atoms with Crippen LogP contribution in [0.3, 0.4) is 0 Å². The molecule has 1 heterocycles. The minimum Gasteiger partial charge on any atom is -0.381 e. The van der Waals surface area contributed by atoms with E-state index in [-0.39, 0.29) is 12.0 Å². The molecule has 0 bridgehead atoms. The fraction of sp³-hybridized carbons (Fsp3) is 0.778. The van der Waals surface area contributed by atoms with Crippen LogP contribution in [-0.4, -0.2) is 39.0 Å². The monoisotopic (exact) mass is 219 g/mol. The molecule has 0 amide bonds. The molecule has 1 aliphatic rings. The zero-order chi connectivity index (χ0) is 10.8. The minimum absolute atomic E-state index is 0.172. The topological polar surface area (TPSA) is 46.6 Å². The zero-order valence-corrected chi connectivity index (χ0v) is 9.46. The summed E-state index contributed by atoms with van der Waals surface area (Å²) in [5.41, 5.74) is 0. The van der Waals surface area contributed by atoms with Gasteiger partial charge in [-0.15, -0.1) is 0 Å². The molecule has 0 aromatic heterocycles. The van der Waals surface area contributed by atoms with Gasteiger partial charge in [0.2, 0.25) is 10.0 Å². The highest BCUT2D eigenvalue weighted by molar-refractivity contribution is 7.92. The molecule has 0 aromatic rings. The van der Waals surface area contributed by atoms with E-state index in [0.717, 1.165) is 11.8 Å². The molecule has 0 N–H and O–H groups in total. The van der Waals surface area contributed by atoms with Crippen molar-refractivity contribution in [2.75, 3.05) is 20.2 Å². The number of piperidine rings is 1. The normalized spacial score (nSPS) is 30.1. The lowest BCUT2D eigenvalue weighted by Gasteiger charge is -2.34. The van der Waals surface area contributed by atoms with Gasteiger partial charge in [0.1, 0.15) is 0 Å². The van der Waals surface area contributed by atoms with Gasteiger partial charge in [-0.1, -0.05) is 13.5 Å². The highest BCUT2D eigenvalue weighted by atomic mass is 32.2. The van der Waals surface area contributed by atoms with Crippen molar-refractivity contribution in [1.82, 2.24) is 4.31 Å². The molecule has 4 nitrogen and oxygen atoms in total. The summed E-state index contributed by atoms with van der Waals surface area (Å²) >= 11 is 0. The van der Waals surface area contributed by atoms with Crippen LogP contribution in [0.4, 0.5) is 0 Å². The summed E-state index contributed by atoms with van der Waals surface area (Å²) in [6.07, 6.45) is 0.927. The second kappa shape index (κ2) is 4.42. The summed E-state index contributed by atoms with van der Waals surface area (Å²) in [5, 5.41) is 1.01. The molecule has 0 spiro atoms. The maximum atomic E-state index is 11.5. The smallest absolute Gasteiger partial charge is 0.235 e. The first-order valence-corrected chi connectivity index (χ1v) is 6.17. The molecule has 2 atom stereocenters.